The third-order valence-corrected chi connectivity index (χ3v) is 4.93. The second-order valence-corrected chi connectivity index (χ2v) is 6.86. The normalized spacial score (nSPS) is 14.4. The lowest BCUT2D eigenvalue weighted by Crippen LogP contribution is -2.31. The third kappa shape index (κ3) is 4.63. The highest BCUT2D eigenvalue weighted by Crippen LogP contribution is 2.37. The highest BCUT2D eigenvalue weighted by atomic mass is 35.5. The van der Waals surface area contributed by atoms with E-state index in [1.165, 1.54) is 12.8 Å². The van der Waals surface area contributed by atoms with Gasteiger partial charge in [0.05, 0.1) is 24.9 Å². The van der Waals surface area contributed by atoms with E-state index in [4.69, 9.17) is 21.1 Å². The molecule has 6 nitrogen and oxygen atoms in total. The third-order valence-electron chi connectivity index (χ3n) is 4.64. The van der Waals surface area contributed by atoms with E-state index >= 15 is 0 Å². The summed E-state index contributed by atoms with van der Waals surface area (Å²) in [5.74, 6) is 1.69. The van der Waals surface area contributed by atoms with Gasteiger partial charge in [0.25, 0.3) is 5.91 Å². The second kappa shape index (κ2) is 8.95. The standard InChI is InChI=1S/C20H24ClN3O3/c1-26-17-13-16(18(27-2)12-15(17)21)23-19-11-14(7-8-22-19)20(25)24-9-5-3-4-6-10-24/h7-8,11-13H,3-6,9-10H2,1-2H3,(H,22,23). The zero-order valence-electron chi connectivity index (χ0n) is 15.6. The summed E-state index contributed by atoms with van der Waals surface area (Å²) in [5.41, 5.74) is 1.28. The Morgan fingerprint density at radius 3 is 2.44 bits per heavy atom. The number of carbonyl (C=O) groups is 1. The van der Waals surface area contributed by atoms with Crippen molar-refractivity contribution >= 4 is 29.0 Å². The van der Waals surface area contributed by atoms with Crippen LogP contribution in [0.25, 0.3) is 0 Å². The summed E-state index contributed by atoms with van der Waals surface area (Å²) in [6.45, 7) is 1.62. The molecule has 0 radical (unpaired) electrons. The fraction of sp³-hybridized carbons (Fsp3) is 0.400. The van der Waals surface area contributed by atoms with Crippen molar-refractivity contribution in [1.82, 2.24) is 9.88 Å². The SMILES string of the molecule is COc1cc(Nc2cc(C(=O)N3CCCCCC3)ccn2)c(OC)cc1Cl. The van der Waals surface area contributed by atoms with Crippen LogP contribution in [-0.4, -0.2) is 43.1 Å². The maximum atomic E-state index is 12.8. The van der Waals surface area contributed by atoms with Gasteiger partial charge < -0.3 is 19.7 Å². The van der Waals surface area contributed by atoms with Gasteiger partial charge in [-0.2, -0.15) is 0 Å². The van der Waals surface area contributed by atoms with Crippen molar-refractivity contribution in [3.05, 3.63) is 41.0 Å². The summed E-state index contributed by atoms with van der Waals surface area (Å²) < 4.78 is 10.6. The van der Waals surface area contributed by atoms with Crippen LogP contribution in [0.4, 0.5) is 11.5 Å². The van der Waals surface area contributed by atoms with Gasteiger partial charge in [-0.3, -0.25) is 4.79 Å². The Morgan fingerprint density at radius 2 is 1.78 bits per heavy atom. The van der Waals surface area contributed by atoms with Gasteiger partial charge in [-0.05, 0) is 25.0 Å². The molecule has 0 atom stereocenters. The number of nitrogens with one attached hydrogen (secondary N) is 1. The number of benzene rings is 1. The lowest BCUT2D eigenvalue weighted by molar-refractivity contribution is 0.0761. The lowest BCUT2D eigenvalue weighted by Gasteiger charge is -2.20. The van der Waals surface area contributed by atoms with Crippen LogP contribution in [0.15, 0.2) is 30.5 Å². The number of pyridine rings is 1. The van der Waals surface area contributed by atoms with Crippen molar-refractivity contribution in [1.29, 1.82) is 0 Å². The van der Waals surface area contributed by atoms with Gasteiger partial charge in [0.2, 0.25) is 0 Å². The molecular weight excluding hydrogens is 366 g/mol. The number of hydrogen-bond acceptors (Lipinski definition) is 5. The topological polar surface area (TPSA) is 63.7 Å². The van der Waals surface area contributed by atoms with Crippen LogP contribution in [-0.2, 0) is 0 Å². The first-order valence-corrected chi connectivity index (χ1v) is 9.44. The molecule has 1 aliphatic rings. The number of likely N-dealkylation sites (tertiary alicyclic amines) is 1. The minimum Gasteiger partial charge on any atom is -0.495 e. The van der Waals surface area contributed by atoms with Crippen LogP contribution in [0.3, 0.4) is 0 Å². The molecule has 0 saturated carbocycles. The maximum absolute atomic E-state index is 12.8. The molecular formula is C20H24ClN3O3. The molecule has 2 aromatic rings. The second-order valence-electron chi connectivity index (χ2n) is 6.45. The Labute approximate surface area is 164 Å². The van der Waals surface area contributed by atoms with Gasteiger partial charge >= 0.3 is 0 Å². The number of carbonyl (C=O) groups excluding carboxylic acids is 1. The van der Waals surface area contributed by atoms with Crippen molar-refractivity contribution < 1.29 is 14.3 Å². The number of ether oxygens (including phenoxy) is 2. The Hall–Kier alpha value is -2.47. The zero-order chi connectivity index (χ0) is 19.2. The molecule has 1 N–H and O–H groups in total. The summed E-state index contributed by atoms with van der Waals surface area (Å²) in [7, 11) is 3.12. The zero-order valence-corrected chi connectivity index (χ0v) is 16.4. The smallest absolute Gasteiger partial charge is 0.254 e. The van der Waals surface area contributed by atoms with Crippen molar-refractivity contribution in [2.75, 3.05) is 32.6 Å². The van der Waals surface area contributed by atoms with E-state index < -0.39 is 0 Å². The van der Waals surface area contributed by atoms with E-state index in [1.807, 2.05) is 4.90 Å². The molecule has 7 heteroatoms. The number of nitrogens with zero attached hydrogens (tertiary/aromatic N) is 2. The molecule has 1 saturated heterocycles. The number of aromatic nitrogens is 1. The summed E-state index contributed by atoms with van der Waals surface area (Å²) in [5, 5.41) is 3.65. The Bertz CT molecular complexity index is 805. The summed E-state index contributed by atoms with van der Waals surface area (Å²) in [6, 6.07) is 6.92. The molecule has 3 rings (SSSR count). The average Bonchev–Trinajstić information content (AvgIpc) is 2.98. The molecule has 0 unspecified atom stereocenters. The summed E-state index contributed by atoms with van der Waals surface area (Å²) in [6.07, 6.45) is 6.12. The Balaban J connectivity index is 1.83. The summed E-state index contributed by atoms with van der Waals surface area (Å²) >= 11 is 6.15. The Kier molecular flexibility index (Phi) is 6.40. The molecule has 144 valence electrons. The number of anilines is 2. The highest BCUT2D eigenvalue weighted by Gasteiger charge is 2.18. The number of rotatable bonds is 5. The molecule has 1 fully saturated rings. The van der Waals surface area contributed by atoms with E-state index in [9.17, 15) is 4.79 Å². The fourth-order valence-corrected chi connectivity index (χ4v) is 3.42. The predicted octanol–water partition coefficient (Wildman–Crippen LogP) is 4.51. The molecule has 0 bridgehead atoms. The number of methoxy groups -OCH3 is 2. The first-order valence-electron chi connectivity index (χ1n) is 9.06. The van der Waals surface area contributed by atoms with Gasteiger partial charge in [-0.25, -0.2) is 4.98 Å². The quantitative estimate of drug-likeness (QED) is 0.814. The van der Waals surface area contributed by atoms with Crippen LogP contribution in [0.5, 0.6) is 11.5 Å². The summed E-state index contributed by atoms with van der Waals surface area (Å²) in [4.78, 5) is 19.1. The molecule has 0 spiro atoms. The maximum Gasteiger partial charge on any atom is 0.254 e. The van der Waals surface area contributed by atoms with Crippen molar-refractivity contribution in [3.8, 4) is 11.5 Å². The van der Waals surface area contributed by atoms with Crippen LogP contribution < -0.4 is 14.8 Å². The molecule has 1 aliphatic heterocycles. The van der Waals surface area contributed by atoms with Crippen LogP contribution in [0.2, 0.25) is 5.02 Å². The van der Waals surface area contributed by atoms with E-state index in [-0.39, 0.29) is 5.91 Å². The fourth-order valence-electron chi connectivity index (χ4n) is 3.18. The molecule has 27 heavy (non-hydrogen) atoms. The average molecular weight is 390 g/mol. The van der Waals surface area contributed by atoms with E-state index in [0.29, 0.717) is 33.6 Å². The number of amides is 1. The lowest BCUT2D eigenvalue weighted by atomic mass is 10.2. The number of halogens is 1. The molecule has 0 aliphatic carbocycles. The molecule has 1 aromatic carbocycles. The largest absolute Gasteiger partial charge is 0.495 e. The minimum absolute atomic E-state index is 0.0444. The van der Waals surface area contributed by atoms with Crippen LogP contribution >= 0.6 is 11.6 Å². The Morgan fingerprint density at radius 1 is 1.07 bits per heavy atom. The van der Waals surface area contributed by atoms with E-state index in [1.54, 1.807) is 44.7 Å². The van der Waals surface area contributed by atoms with Crippen LogP contribution in [0.1, 0.15) is 36.0 Å². The number of hydrogen-bond donors (Lipinski definition) is 1. The minimum atomic E-state index is 0.0444. The first-order chi connectivity index (χ1) is 13.1. The van der Waals surface area contributed by atoms with Gasteiger partial charge in [0.15, 0.2) is 0 Å². The molecule has 1 amide bonds. The van der Waals surface area contributed by atoms with E-state index in [0.717, 1.165) is 25.9 Å². The van der Waals surface area contributed by atoms with Crippen molar-refractivity contribution in [3.63, 3.8) is 0 Å². The van der Waals surface area contributed by atoms with Gasteiger partial charge in [-0.1, -0.05) is 24.4 Å². The van der Waals surface area contributed by atoms with Crippen molar-refractivity contribution in [2.45, 2.75) is 25.7 Å². The van der Waals surface area contributed by atoms with Crippen LogP contribution in [0, 0.1) is 0 Å². The highest BCUT2D eigenvalue weighted by molar-refractivity contribution is 6.32. The first kappa shape index (κ1) is 19.3. The monoisotopic (exact) mass is 389 g/mol. The van der Waals surface area contributed by atoms with E-state index in [2.05, 4.69) is 10.3 Å². The van der Waals surface area contributed by atoms with Gasteiger partial charge in [0.1, 0.15) is 17.3 Å². The molecule has 1 aromatic heterocycles. The van der Waals surface area contributed by atoms with Crippen molar-refractivity contribution in [2.24, 2.45) is 0 Å². The van der Waals surface area contributed by atoms with Gasteiger partial charge in [-0.15, -0.1) is 0 Å². The predicted molar refractivity (Wildman–Crippen MR) is 106 cm³/mol. The van der Waals surface area contributed by atoms with Gasteiger partial charge in [0, 0.05) is 37.0 Å². The molecule has 2 heterocycles.